The molecule has 3 N–H and O–H groups in total. The van der Waals surface area contributed by atoms with Crippen LogP contribution in [0.5, 0.6) is 0 Å². The summed E-state index contributed by atoms with van der Waals surface area (Å²) in [5.41, 5.74) is 0. The molecule has 0 aromatic rings. The lowest BCUT2D eigenvalue weighted by Crippen LogP contribution is -2.20. The summed E-state index contributed by atoms with van der Waals surface area (Å²) in [5.74, 6) is -3.82. The van der Waals surface area contributed by atoms with Crippen LogP contribution in [-0.2, 0) is 14.4 Å². The highest BCUT2D eigenvalue weighted by Crippen LogP contribution is 2.02. The number of aliphatic carboxylic acids is 2. The van der Waals surface area contributed by atoms with E-state index in [0.717, 1.165) is 0 Å². The normalized spacial score (nSPS) is 12.1. The van der Waals surface area contributed by atoms with E-state index in [9.17, 15) is 14.4 Å². The lowest BCUT2D eigenvalue weighted by Gasteiger charge is -2.05. The van der Waals surface area contributed by atoms with Crippen LogP contribution in [0.15, 0.2) is 0 Å². The van der Waals surface area contributed by atoms with Gasteiger partial charge in [-0.05, 0) is 6.42 Å². The Balaban J connectivity index is 3.74. The fraction of sp³-hybridized carbons (Fsp3) is 0.571. The highest BCUT2D eigenvalue weighted by atomic mass is 16.4. The third-order valence-corrected chi connectivity index (χ3v) is 1.35. The number of carboxylic acids is 2. The number of aliphatic hydroxyl groups is 1. The first-order chi connectivity index (χ1) is 5.93. The van der Waals surface area contributed by atoms with Gasteiger partial charge < -0.3 is 15.3 Å². The summed E-state index contributed by atoms with van der Waals surface area (Å²) < 4.78 is 0. The Labute approximate surface area is 73.8 Å². The Kier molecular flexibility index (Phi) is 4.68. The van der Waals surface area contributed by atoms with E-state index in [-0.39, 0.29) is 12.8 Å². The van der Waals surface area contributed by atoms with Gasteiger partial charge in [-0.2, -0.15) is 0 Å². The number of hydrogen-bond acceptors (Lipinski definition) is 4. The number of ketones is 1. The average molecular weight is 190 g/mol. The Morgan fingerprint density at radius 1 is 1.15 bits per heavy atom. The zero-order valence-electron chi connectivity index (χ0n) is 6.77. The van der Waals surface area contributed by atoms with Crippen LogP contribution in [0.3, 0.4) is 0 Å². The SMILES string of the molecule is O=C(O)CC[C@@H](O)CC(=O)C(=O)O. The Hall–Kier alpha value is -1.43. The van der Waals surface area contributed by atoms with Crippen LogP contribution in [-0.4, -0.2) is 39.1 Å². The monoisotopic (exact) mass is 190 g/mol. The predicted molar refractivity (Wildman–Crippen MR) is 40.1 cm³/mol. The zero-order chi connectivity index (χ0) is 10.4. The van der Waals surface area contributed by atoms with Crippen molar-refractivity contribution in [1.82, 2.24) is 0 Å². The molecule has 6 nitrogen and oxygen atoms in total. The van der Waals surface area contributed by atoms with Crippen molar-refractivity contribution in [2.45, 2.75) is 25.4 Å². The summed E-state index contributed by atoms with van der Waals surface area (Å²) in [4.78, 5) is 30.5. The van der Waals surface area contributed by atoms with Gasteiger partial charge in [0.15, 0.2) is 0 Å². The van der Waals surface area contributed by atoms with Crippen LogP contribution >= 0.6 is 0 Å². The number of rotatable bonds is 6. The van der Waals surface area contributed by atoms with Gasteiger partial charge >= 0.3 is 11.9 Å². The third-order valence-electron chi connectivity index (χ3n) is 1.35. The van der Waals surface area contributed by atoms with Crippen LogP contribution < -0.4 is 0 Å². The summed E-state index contributed by atoms with van der Waals surface area (Å²) >= 11 is 0. The highest BCUT2D eigenvalue weighted by Gasteiger charge is 2.17. The molecule has 74 valence electrons. The zero-order valence-corrected chi connectivity index (χ0v) is 6.77. The van der Waals surface area contributed by atoms with Crippen LogP contribution in [0.25, 0.3) is 0 Å². The van der Waals surface area contributed by atoms with Gasteiger partial charge in [-0.3, -0.25) is 9.59 Å². The van der Waals surface area contributed by atoms with E-state index in [1.165, 1.54) is 0 Å². The topological polar surface area (TPSA) is 112 Å². The van der Waals surface area contributed by atoms with Gasteiger partial charge in [-0.15, -0.1) is 0 Å². The lowest BCUT2D eigenvalue weighted by atomic mass is 10.1. The van der Waals surface area contributed by atoms with Crippen molar-refractivity contribution in [1.29, 1.82) is 0 Å². The van der Waals surface area contributed by atoms with Crippen molar-refractivity contribution >= 4 is 17.7 Å². The molecule has 0 aliphatic heterocycles. The molecule has 0 saturated carbocycles. The fourth-order valence-corrected chi connectivity index (χ4v) is 0.693. The molecule has 0 fully saturated rings. The quantitative estimate of drug-likeness (QED) is 0.475. The number of carboxylic acid groups (broad SMARTS) is 2. The molecule has 0 aliphatic carbocycles. The minimum Gasteiger partial charge on any atom is -0.481 e. The first-order valence-corrected chi connectivity index (χ1v) is 3.59. The molecule has 0 amide bonds. The molecule has 0 bridgehead atoms. The summed E-state index contributed by atoms with van der Waals surface area (Å²) in [5, 5.41) is 25.3. The Morgan fingerprint density at radius 2 is 1.69 bits per heavy atom. The standard InChI is InChI=1S/C7H10O6/c8-4(1-2-6(10)11)3-5(9)7(12)13/h4,8H,1-3H2,(H,10,11)(H,12,13)/t4-/m1/s1. The molecule has 0 aliphatic rings. The van der Waals surface area contributed by atoms with Crippen LogP contribution in [0, 0.1) is 0 Å². The number of carbonyl (C=O) groups excluding carboxylic acids is 1. The van der Waals surface area contributed by atoms with Crippen molar-refractivity contribution < 1.29 is 29.7 Å². The molecule has 0 aromatic carbocycles. The molecule has 0 saturated heterocycles. The molecule has 6 heteroatoms. The van der Waals surface area contributed by atoms with Gasteiger partial charge in [-0.1, -0.05) is 0 Å². The molecular weight excluding hydrogens is 180 g/mol. The van der Waals surface area contributed by atoms with Gasteiger partial charge in [0, 0.05) is 12.8 Å². The summed E-state index contributed by atoms with van der Waals surface area (Å²) in [7, 11) is 0. The van der Waals surface area contributed by atoms with E-state index in [0.29, 0.717) is 0 Å². The van der Waals surface area contributed by atoms with Crippen molar-refractivity contribution in [2.75, 3.05) is 0 Å². The van der Waals surface area contributed by atoms with E-state index >= 15 is 0 Å². The van der Waals surface area contributed by atoms with Gasteiger partial charge in [0.2, 0.25) is 5.78 Å². The van der Waals surface area contributed by atoms with Gasteiger partial charge in [0.1, 0.15) is 0 Å². The Morgan fingerprint density at radius 3 is 2.08 bits per heavy atom. The second-order valence-corrected chi connectivity index (χ2v) is 2.52. The van der Waals surface area contributed by atoms with Crippen molar-refractivity contribution in [3.8, 4) is 0 Å². The van der Waals surface area contributed by atoms with Crippen molar-refractivity contribution in [3.05, 3.63) is 0 Å². The molecule has 0 unspecified atom stereocenters. The number of Topliss-reactive ketones (excluding diaryl/α,β-unsaturated/α-hetero) is 1. The first kappa shape index (κ1) is 11.6. The van der Waals surface area contributed by atoms with Crippen LogP contribution in [0.4, 0.5) is 0 Å². The molecule has 0 aromatic heterocycles. The molecule has 0 radical (unpaired) electrons. The molecule has 1 atom stereocenters. The van der Waals surface area contributed by atoms with Gasteiger partial charge in [0.05, 0.1) is 6.10 Å². The highest BCUT2D eigenvalue weighted by molar-refractivity contribution is 6.32. The molecule has 13 heavy (non-hydrogen) atoms. The van der Waals surface area contributed by atoms with E-state index < -0.39 is 30.2 Å². The summed E-state index contributed by atoms with van der Waals surface area (Å²) in [6.45, 7) is 0. The van der Waals surface area contributed by atoms with Crippen molar-refractivity contribution in [3.63, 3.8) is 0 Å². The lowest BCUT2D eigenvalue weighted by molar-refractivity contribution is -0.150. The molecule has 0 heterocycles. The van der Waals surface area contributed by atoms with E-state index in [1.807, 2.05) is 0 Å². The van der Waals surface area contributed by atoms with Crippen LogP contribution in [0.2, 0.25) is 0 Å². The number of carbonyl (C=O) groups is 3. The smallest absolute Gasteiger partial charge is 0.372 e. The summed E-state index contributed by atoms with van der Waals surface area (Å²) in [6.07, 6.45) is -2.13. The molecule has 0 rings (SSSR count). The maximum absolute atomic E-state index is 10.5. The number of aliphatic hydroxyl groups excluding tert-OH is 1. The molecule has 0 spiro atoms. The Bertz CT molecular complexity index is 221. The predicted octanol–water partition coefficient (Wildman–Crippen LogP) is -0.744. The largest absolute Gasteiger partial charge is 0.481 e. The van der Waals surface area contributed by atoms with E-state index in [4.69, 9.17) is 15.3 Å². The van der Waals surface area contributed by atoms with Crippen molar-refractivity contribution in [2.24, 2.45) is 0 Å². The third kappa shape index (κ3) is 5.80. The van der Waals surface area contributed by atoms with E-state index in [1.54, 1.807) is 0 Å². The van der Waals surface area contributed by atoms with Gasteiger partial charge in [-0.25, -0.2) is 4.79 Å². The van der Waals surface area contributed by atoms with E-state index in [2.05, 4.69) is 0 Å². The second-order valence-electron chi connectivity index (χ2n) is 2.52. The minimum absolute atomic E-state index is 0.117. The van der Waals surface area contributed by atoms with Gasteiger partial charge in [0.25, 0.3) is 0 Å². The maximum Gasteiger partial charge on any atom is 0.372 e. The molecular formula is C7H10O6. The number of hydrogen-bond donors (Lipinski definition) is 3. The average Bonchev–Trinajstić information content (AvgIpc) is 2.00. The maximum atomic E-state index is 10.5. The van der Waals surface area contributed by atoms with Crippen LogP contribution in [0.1, 0.15) is 19.3 Å². The first-order valence-electron chi connectivity index (χ1n) is 3.59. The second kappa shape index (κ2) is 5.26. The fourth-order valence-electron chi connectivity index (χ4n) is 0.693. The minimum atomic E-state index is -1.62. The summed E-state index contributed by atoms with van der Waals surface area (Å²) in [6, 6.07) is 0.